The average Bonchev–Trinajstić information content (AvgIpc) is 3.17. The molecule has 1 N–H and O–H groups in total. The van der Waals surface area contributed by atoms with Gasteiger partial charge in [0.2, 0.25) is 5.91 Å². The molecule has 0 saturated heterocycles. The molecule has 31 heavy (non-hydrogen) atoms. The van der Waals surface area contributed by atoms with Crippen molar-refractivity contribution in [1.82, 2.24) is 10.2 Å². The summed E-state index contributed by atoms with van der Waals surface area (Å²) in [4.78, 5) is 12.8. The monoisotopic (exact) mass is 439 g/mol. The molecule has 0 aliphatic heterocycles. The van der Waals surface area contributed by atoms with Crippen LogP contribution in [-0.2, 0) is 11.4 Å². The predicted molar refractivity (Wildman–Crippen MR) is 124 cm³/mol. The highest BCUT2D eigenvalue weighted by atomic mass is 32.2. The highest BCUT2D eigenvalue weighted by molar-refractivity contribution is 8.00. The van der Waals surface area contributed by atoms with Gasteiger partial charge in [-0.3, -0.25) is 4.79 Å². The lowest BCUT2D eigenvalue weighted by Gasteiger charge is -2.18. The third kappa shape index (κ3) is 5.88. The fraction of sp³-hybridized carbons (Fsp3) is 0.375. The van der Waals surface area contributed by atoms with Gasteiger partial charge >= 0.3 is 0 Å². The van der Waals surface area contributed by atoms with E-state index in [1.165, 1.54) is 11.8 Å². The summed E-state index contributed by atoms with van der Waals surface area (Å²) in [6.45, 7) is 12.2. The normalized spacial score (nSPS) is 12.1. The van der Waals surface area contributed by atoms with E-state index in [2.05, 4.69) is 29.4 Å². The highest BCUT2D eigenvalue weighted by Gasteiger charge is 2.21. The van der Waals surface area contributed by atoms with Crippen LogP contribution in [0.5, 0.6) is 5.75 Å². The zero-order valence-electron chi connectivity index (χ0n) is 18.9. The number of para-hydroxylation sites is 1. The second-order valence-electron chi connectivity index (χ2n) is 7.96. The number of rotatable bonds is 8. The molecule has 0 saturated carbocycles. The zero-order chi connectivity index (χ0) is 22.5. The van der Waals surface area contributed by atoms with Crippen molar-refractivity contribution in [3.8, 4) is 5.75 Å². The van der Waals surface area contributed by atoms with E-state index in [1.807, 2.05) is 64.1 Å². The van der Waals surface area contributed by atoms with E-state index in [0.29, 0.717) is 17.0 Å². The minimum atomic E-state index is -0.396. The van der Waals surface area contributed by atoms with Crippen LogP contribution in [0.15, 0.2) is 46.0 Å². The first-order valence-electron chi connectivity index (χ1n) is 10.3. The summed E-state index contributed by atoms with van der Waals surface area (Å²) in [5.41, 5.74) is 5.20. The van der Waals surface area contributed by atoms with Gasteiger partial charge in [0.15, 0.2) is 6.61 Å². The number of thioether (sulfide) groups is 1. The Morgan fingerprint density at radius 3 is 2.61 bits per heavy atom. The second kappa shape index (κ2) is 10.0. The van der Waals surface area contributed by atoms with Crippen LogP contribution >= 0.6 is 11.8 Å². The van der Waals surface area contributed by atoms with Crippen molar-refractivity contribution in [3.63, 3.8) is 0 Å². The van der Waals surface area contributed by atoms with Crippen LogP contribution in [0.25, 0.3) is 0 Å². The van der Waals surface area contributed by atoms with Crippen LogP contribution < -0.4 is 10.1 Å². The van der Waals surface area contributed by atoms with Gasteiger partial charge in [-0.15, -0.1) is 10.2 Å². The van der Waals surface area contributed by atoms with E-state index in [9.17, 15) is 4.79 Å². The molecule has 2 aromatic carbocycles. The molecular weight excluding hydrogens is 410 g/mol. The SMILES string of the molecule is Cc1ccc(C)c(OCc2nnc(SC(C)C(=O)Nc3c(C)cccc3C(C)C)o2)c1. The van der Waals surface area contributed by atoms with Gasteiger partial charge in [-0.05, 0) is 61.9 Å². The number of amides is 1. The molecule has 1 heterocycles. The zero-order valence-corrected chi connectivity index (χ0v) is 19.7. The van der Waals surface area contributed by atoms with Gasteiger partial charge in [0, 0.05) is 5.69 Å². The molecule has 0 bridgehead atoms. The topological polar surface area (TPSA) is 77.2 Å². The van der Waals surface area contributed by atoms with E-state index < -0.39 is 5.25 Å². The molecule has 1 unspecified atom stereocenters. The Morgan fingerprint density at radius 2 is 1.87 bits per heavy atom. The number of hydrogen-bond donors (Lipinski definition) is 1. The second-order valence-corrected chi connectivity index (χ2v) is 9.25. The standard InChI is InChI=1S/C24H29N3O3S/c1-14(2)19-9-7-8-17(5)22(19)25-23(28)18(6)31-24-27-26-21(30-24)13-29-20-12-15(3)10-11-16(20)4/h7-12,14,18H,13H2,1-6H3,(H,25,28). The van der Waals surface area contributed by atoms with Crippen LogP contribution in [0.4, 0.5) is 5.69 Å². The van der Waals surface area contributed by atoms with E-state index in [-0.39, 0.29) is 12.5 Å². The summed E-state index contributed by atoms with van der Waals surface area (Å²) in [6, 6.07) is 12.1. The summed E-state index contributed by atoms with van der Waals surface area (Å²) < 4.78 is 11.5. The average molecular weight is 440 g/mol. The van der Waals surface area contributed by atoms with E-state index in [4.69, 9.17) is 9.15 Å². The highest BCUT2D eigenvalue weighted by Crippen LogP contribution is 2.29. The third-order valence-corrected chi connectivity index (χ3v) is 5.90. The smallest absolute Gasteiger partial charge is 0.277 e. The summed E-state index contributed by atoms with van der Waals surface area (Å²) in [7, 11) is 0. The minimum Gasteiger partial charge on any atom is -0.484 e. The van der Waals surface area contributed by atoms with Crippen molar-refractivity contribution in [2.45, 2.75) is 64.5 Å². The molecule has 7 heteroatoms. The Kier molecular flexibility index (Phi) is 7.38. The first-order chi connectivity index (χ1) is 14.7. The van der Waals surface area contributed by atoms with Crippen molar-refractivity contribution in [2.75, 3.05) is 5.32 Å². The van der Waals surface area contributed by atoms with Crippen molar-refractivity contribution < 1.29 is 13.9 Å². The van der Waals surface area contributed by atoms with Gasteiger partial charge in [0.05, 0.1) is 5.25 Å². The molecule has 1 atom stereocenters. The lowest BCUT2D eigenvalue weighted by atomic mass is 9.98. The Morgan fingerprint density at radius 1 is 1.10 bits per heavy atom. The fourth-order valence-electron chi connectivity index (χ4n) is 3.12. The number of aromatic nitrogens is 2. The van der Waals surface area contributed by atoms with Crippen molar-refractivity contribution >= 4 is 23.4 Å². The molecule has 0 fully saturated rings. The molecule has 1 aromatic heterocycles. The Bertz CT molecular complexity index is 1060. The number of aryl methyl sites for hydroxylation is 3. The number of benzene rings is 2. The number of carbonyl (C=O) groups excluding carboxylic acids is 1. The molecular formula is C24H29N3O3S. The molecule has 0 spiro atoms. The van der Waals surface area contributed by atoms with E-state index >= 15 is 0 Å². The maximum absolute atomic E-state index is 12.8. The van der Waals surface area contributed by atoms with Gasteiger partial charge in [-0.25, -0.2) is 0 Å². The van der Waals surface area contributed by atoms with Gasteiger partial charge in [0.1, 0.15) is 5.75 Å². The van der Waals surface area contributed by atoms with E-state index in [1.54, 1.807) is 0 Å². The first-order valence-corrected chi connectivity index (χ1v) is 11.2. The van der Waals surface area contributed by atoms with Gasteiger partial charge in [0.25, 0.3) is 11.1 Å². The van der Waals surface area contributed by atoms with Crippen molar-refractivity contribution in [3.05, 3.63) is 64.5 Å². The summed E-state index contributed by atoms with van der Waals surface area (Å²) >= 11 is 1.23. The molecule has 6 nitrogen and oxygen atoms in total. The van der Waals surface area contributed by atoms with Gasteiger partial charge < -0.3 is 14.5 Å². The largest absolute Gasteiger partial charge is 0.484 e. The lowest BCUT2D eigenvalue weighted by molar-refractivity contribution is -0.115. The number of nitrogens with zero attached hydrogens (tertiary/aromatic N) is 2. The molecule has 1 amide bonds. The fourth-order valence-corrected chi connectivity index (χ4v) is 3.82. The number of carbonyl (C=O) groups is 1. The Balaban J connectivity index is 1.60. The van der Waals surface area contributed by atoms with Gasteiger partial charge in [-0.2, -0.15) is 0 Å². The minimum absolute atomic E-state index is 0.104. The molecule has 0 aliphatic carbocycles. The summed E-state index contributed by atoms with van der Waals surface area (Å²) in [5, 5.41) is 11.1. The van der Waals surface area contributed by atoms with Crippen LogP contribution in [0.1, 0.15) is 54.8 Å². The first kappa shape index (κ1) is 22.9. The van der Waals surface area contributed by atoms with Crippen molar-refractivity contribution in [2.24, 2.45) is 0 Å². The summed E-state index contributed by atoms with van der Waals surface area (Å²) in [5.74, 6) is 1.37. The third-order valence-electron chi connectivity index (χ3n) is 4.97. The quantitative estimate of drug-likeness (QED) is 0.446. The van der Waals surface area contributed by atoms with Crippen LogP contribution in [0.2, 0.25) is 0 Å². The van der Waals surface area contributed by atoms with E-state index in [0.717, 1.165) is 33.7 Å². The van der Waals surface area contributed by atoms with Crippen LogP contribution in [0, 0.1) is 20.8 Å². The molecule has 164 valence electrons. The molecule has 3 aromatic rings. The van der Waals surface area contributed by atoms with Gasteiger partial charge in [-0.1, -0.05) is 55.9 Å². The number of ether oxygens (including phenoxy) is 1. The maximum Gasteiger partial charge on any atom is 0.277 e. The molecule has 0 radical (unpaired) electrons. The van der Waals surface area contributed by atoms with Crippen molar-refractivity contribution in [1.29, 1.82) is 0 Å². The Hall–Kier alpha value is -2.80. The lowest BCUT2D eigenvalue weighted by Crippen LogP contribution is -2.23. The number of anilines is 1. The molecule has 0 aliphatic rings. The Labute approximate surface area is 187 Å². The predicted octanol–water partition coefficient (Wildman–Crippen LogP) is 5.82. The maximum atomic E-state index is 12.8. The summed E-state index contributed by atoms with van der Waals surface area (Å²) in [6.07, 6.45) is 0. The number of hydrogen-bond acceptors (Lipinski definition) is 6. The molecule has 3 rings (SSSR count). The number of nitrogens with one attached hydrogen (secondary N) is 1. The van der Waals surface area contributed by atoms with Crippen LogP contribution in [-0.4, -0.2) is 21.4 Å². The van der Waals surface area contributed by atoms with Crippen LogP contribution in [0.3, 0.4) is 0 Å².